The predicted octanol–water partition coefficient (Wildman–Crippen LogP) is 3.34. The third kappa shape index (κ3) is 4.64. The normalized spacial score (nSPS) is 18.9. The zero-order valence-electron chi connectivity index (χ0n) is 18.9. The molecule has 1 aliphatic carbocycles. The molecule has 9 nitrogen and oxygen atoms in total. The van der Waals surface area contributed by atoms with Crippen LogP contribution in [-0.2, 0) is 14.8 Å². The van der Waals surface area contributed by atoms with Gasteiger partial charge >= 0.3 is 0 Å². The first kappa shape index (κ1) is 22.3. The minimum atomic E-state index is -3.38. The van der Waals surface area contributed by atoms with Gasteiger partial charge in [-0.25, -0.2) is 13.4 Å². The summed E-state index contributed by atoms with van der Waals surface area (Å²) in [6.07, 6.45) is 7.32. The maximum absolute atomic E-state index is 13.1. The Bertz CT molecular complexity index is 1130. The van der Waals surface area contributed by atoms with Crippen LogP contribution >= 0.6 is 0 Å². The highest BCUT2D eigenvalue weighted by atomic mass is 32.2. The highest BCUT2D eigenvalue weighted by Gasteiger charge is 2.41. The third-order valence-electron chi connectivity index (χ3n) is 6.02. The molecule has 1 aromatic carbocycles. The second-order valence-electron chi connectivity index (χ2n) is 9.30. The second kappa shape index (κ2) is 8.23. The number of carbonyl (C=O) groups is 1. The first-order valence-corrected chi connectivity index (χ1v) is 12.7. The lowest BCUT2D eigenvalue weighted by Crippen LogP contribution is -2.45. The Balaban J connectivity index is 1.69. The zero-order valence-corrected chi connectivity index (χ0v) is 19.7. The lowest BCUT2D eigenvalue weighted by atomic mass is 9.91. The van der Waals surface area contributed by atoms with E-state index in [1.54, 1.807) is 36.3 Å². The van der Waals surface area contributed by atoms with E-state index >= 15 is 0 Å². The Morgan fingerprint density at radius 3 is 2.53 bits per heavy atom. The topological polar surface area (TPSA) is 108 Å². The van der Waals surface area contributed by atoms with E-state index in [2.05, 4.69) is 19.9 Å². The standard InChI is InChI=1S/C22H30N6O3S/c1-22(2)14-28(17-10-5-6-11-17)19-18(27(3)20(22)29)13-23-21(25-19)24-15-8-7-9-16(12-15)26-32(4,30)31/h7-9,12-13,17,26H,5-6,10-11,14H2,1-4H3,(H,23,24,25). The molecule has 1 fully saturated rings. The van der Waals surface area contributed by atoms with Gasteiger partial charge in [0.2, 0.25) is 21.9 Å². The first-order valence-electron chi connectivity index (χ1n) is 10.8. The molecule has 0 radical (unpaired) electrons. The molecule has 0 spiro atoms. The average Bonchev–Trinajstić information content (AvgIpc) is 3.22. The number of aromatic nitrogens is 2. The van der Waals surface area contributed by atoms with Crippen LogP contribution < -0.4 is 19.8 Å². The summed E-state index contributed by atoms with van der Waals surface area (Å²) in [5.41, 5.74) is 1.26. The largest absolute Gasteiger partial charge is 0.351 e. The molecule has 0 bridgehead atoms. The van der Waals surface area contributed by atoms with Crippen LogP contribution in [0.15, 0.2) is 30.5 Å². The molecule has 0 saturated heterocycles. The summed E-state index contributed by atoms with van der Waals surface area (Å²) in [5.74, 6) is 1.19. The summed E-state index contributed by atoms with van der Waals surface area (Å²) < 4.78 is 25.6. The second-order valence-corrected chi connectivity index (χ2v) is 11.0. The van der Waals surface area contributed by atoms with Crippen molar-refractivity contribution in [2.75, 3.05) is 39.7 Å². The Kier molecular flexibility index (Phi) is 5.74. The van der Waals surface area contributed by atoms with E-state index in [0.29, 0.717) is 35.6 Å². The summed E-state index contributed by atoms with van der Waals surface area (Å²) in [5, 5.41) is 3.17. The Labute approximate surface area is 189 Å². The molecule has 0 atom stereocenters. The number of nitrogens with zero attached hydrogens (tertiary/aromatic N) is 4. The number of fused-ring (bicyclic) bond motifs is 1. The number of sulfonamides is 1. The molecular weight excluding hydrogens is 428 g/mol. The van der Waals surface area contributed by atoms with Crippen molar-refractivity contribution >= 4 is 44.8 Å². The van der Waals surface area contributed by atoms with E-state index in [1.165, 1.54) is 12.8 Å². The van der Waals surface area contributed by atoms with Gasteiger partial charge in [0, 0.05) is 25.3 Å². The van der Waals surface area contributed by atoms with Gasteiger partial charge in [-0.2, -0.15) is 4.98 Å². The summed E-state index contributed by atoms with van der Waals surface area (Å²) >= 11 is 0. The molecule has 1 amide bonds. The number of benzene rings is 1. The minimum Gasteiger partial charge on any atom is -0.351 e. The van der Waals surface area contributed by atoms with Gasteiger partial charge in [0.1, 0.15) is 5.69 Å². The van der Waals surface area contributed by atoms with E-state index in [1.807, 2.05) is 19.9 Å². The molecule has 172 valence electrons. The SMILES string of the molecule is CN1C(=O)C(C)(C)CN(C2CCCC2)c2nc(Nc3cccc(NS(C)(=O)=O)c3)ncc21. The number of nitrogens with one attached hydrogen (secondary N) is 2. The lowest BCUT2D eigenvalue weighted by Gasteiger charge is -2.34. The van der Waals surface area contributed by atoms with Crippen molar-refractivity contribution in [1.29, 1.82) is 0 Å². The van der Waals surface area contributed by atoms with Gasteiger partial charge in [-0.05, 0) is 44.9 Å². The monoisotopic (exact) mass is 458 g/mol. The van der Waals surface area contributed by atoms with Crippen LogP contribution in [0.3, 0.4) is 0 Å². The van der Waals surface area contributed by atoms with Crippen LogP contribution in [0.2, 0.25) is 0 Å². The molecule has 1 saturated carbocycles. The minimum absolute atomic E-state index is 0.0445. The van der Waals surface area contributed by atoms with Gasteiger partial charge in [0.15, 0.2) is 5.82 Å². The molecule has 2 aliphatic rings. The van der Waals surface area contributed by atoms with Crippen molar-refractivity contribution in [3.63, 3.8) is 0 Å². The fourth-order valence-electron chi connectivity index (χ4n) is 4.53. The predicted molar refractivity (Wildman–Crippen MR) is 127 cm³/mol. The molecule has 32 heavy (non-hydrogen) atoms. The van der Waals surface area contributed by atoms with E-state index in [4.69, 9.17) is 4.98 Å². The number of rotatable bonds is 5. The van der Waals surface area contributed by atoms with Crippen LogP contribution in [0.5, 0.6) is 0 Å². The quantitative estimate of drug-likeness (QED) is 0.707. The van der Waals surface area contributed by atoms with Gasteiger partial charge in [0.25, 0.3) is 0 Å². The van der Waals surface area contributed by atoms with Crippen LogP contribution in [-0.4, -0.2) is 50.2 Å². The molecule has 2 aromatic rings. The van der Waals surface area contributed by atoms with Crippen LogP contribution in [0, 0.1) is 5.41 Å². The average molecular weight is 459 g/mol. The number of hydrogen-bond acceptors (Lipinski definition) is 7. The summed E-state index contributed by atoms with van der Waals surface area (Å²) in [7, 11) is -1.60. The van der Waals surface area contributed by atoms with E-state index in [9.17, 15) is 13.2 Å². The van der Waals surface area contributed by atoms with Gasteiger partial charge in [-0.1, -0.05) is 18.9 Å². The smallest absolute Gasteiger partial charge is 0.234 e. The van der Waals surface area contributed by atoms with Crippen LogP contribution in [0.1, 0.15) is 39.5 Å². The van der Waals surface area contributed by atoms with E-state index < -0.39 is 15.4 Å². The Morgan fingerprint density at radius 1 is 1.16 bits per heavy atom. The van der Waals surface area contributed by atoms with E-state index in [-0.39, 0.29) is 5.91 Å². The Morgan fingerprint density at radius 2 is 1.84 bits per heavy atom. The number of anilines is 5. The van der Waals surface area contributed by atoms with Crippen LogP contribution in [0.25, 0.3) is 0 Å². The van der Waals surface area contributed by atoms with Crippen LogP contribution in [0.4, 0.5) is 28.8 Å². The summed E-state index contributed by atoms with van der Waals surface area (Å²) in [4.78, 5) is 26.3. The van der Waals surface area contributed by atoms with Crippen molar-refractivity contribution in [2.24, 2.45) is 5.41 Å². The van der Waals surface area contributed by atoms with Crippen molar-refractivity contribution in [2.45, 2.75) is 45.6 Å². The van der Waals surface area contributed by atoms with Crippen molar-refractivity contribution in [3.8, 4) is 0 Å². The van der Waals surface area contributed by atoms with Crippen molar-refractivity contribution < 1.29 is 13.2 Å². The summed E-state index contributed by atoms with van der Waals surface area (Å²) in [6, 6.07) is 7.27. The lowest BCUT2D eigenvalue weighted by molar-refractivity contribution is -0.125. The molecule has 4 rings (SSSR count). The molecule has 1 aromatic heterocycles. The Hall–Kier alpha value is -2.88. The van der Waals surface area contributed by atoms with Gasteiger partial charge in [-0.3, -0.25) is 9.52 Å². The van der Waals surface area contributed by atoms with Gasteiger partial charge in [-0.15, -0.1) is 0 Å². The number of hydrogen-bond donors (Lipinski definition) is 2. The van der Waals surface area contributed by atoms with Gasteiger partial charge in [0.05, 0.1) is 23.6 Å². The molecule has 2 heterocycles. The fraction of sp³-hybridized carbons (Fsp3) is 0.500. The third-order valence-corrected chi connectivity index (χ3v) is 6.63. The zero-order chi connectivity index (χ0) is 23.1. The van der Waals surface area contributed by atoms with Gasteiger partial charge < -0.3 is 15.1 Å². The van der Waals surface area contributed by atoms with E-state index in [0.717, 1.165) is 24.9 Å². The molecule has 10 heteroatoms. The maximum Gasteiger partial charge on any atom is 0.234 e. The summed E-state index contributed by atoms with van der Waals surface area (Å²) in [6.45, 7) is 4.55. The molecule has 0 unspecified atom stereocenters. The molecule has 1 aliphatic heterocycles. The first-order chi connectivity index (χ1) is 15.0. The maximum atomic E-state index is 13.1. The fourth-order valence-corrected chi connectivity index (χ4v) is 5.08. The molecule has 2 N–H and O–H groups in total. The van der Waals surface area contributed by atoms with Crippen molar-refractivity contribution in [1.82, 2.24) is 9.97 Å². The number of amides is 1. The molecular formula is C22H30N6O3S. The van der Waals surface area contributed by atoms with Crippen molar-refractivity contribution in [3.05, 3.63) is 30.5 Å². The highest BCUT2D eigenvalue weighted by Crippen LogP contribution is 2.40. The number of carbonyl (C=O) groups excluding carboxylic acids is 1. The highest BCUT2D eigenvalue weighted by molar-refractivity contribution is 7.92.